The fourth-order valence-corrected chi connectivity index (χ4v) is 4.13. The molecule has 3 atom stereocenters. The second kappa shape index (κ2) is 4.54. The van der Waals surface area contributed by atoms with Crippen molar-refractivity contribution in [2.45, 2.75) is 57.2 Å². The minimum atomic E-state index is -2.84. The molecule has 0 aromatic rings. The van der Waals surface area contributed by atoms with Crippen molar-refractivity contribution in [3.8, 4) is 0 Å². The summed E-state index contributed by atoms with van der Waals surface area (Å²) < 4.78 is 23.1. The molecule has 0 aliphatic heterocycles. The van der Waals surface area contributed by atoms with Gasteiger partial charge >= 0.3 is 0 Å². The molecule has 3 unspecified atom stereocenters. The normalized spacial score (nSPS) is 36.8. The van der Waals surface area contributed by atoms with Gasteiger partial charge in [0.15, 0.2) is 0 Å². The van der Waals surface area contributed by atoms with Crippen LogP contribution >= 0.6 is 0 Å². The highest BCUT2D eigenvalue weighted by atomic mass is 32.2. The van der Waals surface area contributed by atoms with E-state index in [-0.39, 0.29) is 5.25 Å². The molecule has 2 rings (SSSR count). The topological polar surface area (TPSA) is 46.2 Å². The van der Waals surface area contributed by atoms with E-state index in [1.165, 1.54) is 12.7 Å². The van der Waals surface area contributed by atoms with Crippen molar-refractivity contribution in [1.82, 2.24) is 5.32 Å². The van der Waals surface area contributed by atoms with Gasteiger partial charge in [-0.2, -0.15) is 0 Å². The molecule has 0 amide bonds. The van der Waals surface area contributed by atoms with E-state index in [1.54, 1.807) is 0 Å². The fourth-order valence-electron chi connectivity index (χ4n) is 2.95. The van der Waals surface area contributed by atoms with E-state index in [9.17, 15) is 8.42 Å². The molecule has 0 radical (unpaired) electrons. The summed E-state index contributed by atoms with van der Waals surface area (Å²) >= 11 is 0. The Morgan fingerprint density at radius 1 is 1.29 bits per heavy atom. The van der Waals surface area contributed by atoms with Crippen molar-refractivity contribution in [2.75, 3.05) is 12.8 Å². The lowest BCUT2D eigenvalue weighted by atomic mass is 9.94. The Morgan fingerprint density at radius 3 is 2.47 bits per heavy atom. The van der Waals surface area contributed by atoms with E-state index in [0.29, 0.717) is 11.5 Å². The van der Waals surface area contributed by atoms with Crippen molar-refractivity contribution in [3.63, 3.8) is 0 Å². The number of hydrogen-bond acceptors (Lipinski definition) is 3. The Kier molecular flexibility index (Phi) is 3.56. The van der Waals surface area contributed by atoms with Crippen LogP contribution in [0.5, 0.6) is 0 Å². The van der Waals surface area contributed by atoms with Crippen LogP contribution in [0.4, 0.5) is 0 Å². The molecule has 100 valence electrons. The SMILES string of the molecule is CC1(C)CC1CNC1CCCC(S(C)(=O)=O)C1. The van der Waals surface area contributed by atoms with Crippen LogP contribution in [-0.2, 0) is 9.84 Å². The van der Waals surface area contributed by atoms with Gasteiger partial charge in [-0.3, -0.25) is 0 Å². The largest absolute Gasteiger partial charge is 0.314 e. The molecule has 0 bridgehead atoms. The molecule has 0 aromatic heterocycles. The highest BCUT2D eigenvalue weighted by Gasteiger charge is 2.45. The zero-order chi connectivity index (χ0) is 12.7. The maximum Gasteiger partial charge on any atom is 0.150 e. The van der Waals surface area contributed by atoms with Gasteiger partial charge in [0.1, 0.15) is 9.84 Å². The van der Waals surface area contributed by atoms with Crippen LogP contribution in [0.15, 0.2) is 0 Å². The van der Waals surface area contributed by atoms with Crippen LogP contribution in [-0.4, -0.2) is 32.5 Å². The number of hydrogen-bond donors (Lipinski definition) is 1. The first-order chi connectivity index (χ1) is 7.79. The number of rotatable bonds is 4. The van der Waals surface area contributed by atoms with Crippen LogP contribution in [0.25, 0.3) is 0 Å². The van der Waals surface area contributed by atoms with Crippen molar-refractivity contribution < 1.29 is 8.42 Å². The molecule has 0 spiro atoms. The Balaban J connectivity index is 1.78. The van der Waals surface area contributed by atoms with Crippen molar-refractivity contribution in [3.05, 3.63) is 0 Å². The molecular weight excluding hydrogens is 234 g/mol. The highest BCUT2D eigenvalue weighted by Crippen LogP contribution is 2.51. The van der Waals surface area contributed by atoms with Gasteiger partial charge in [0.2, 0.25) is 0 Å². The monoisotopic (exact) mass is 259 g/mol. The van der Waals surface area contributed by atoms with Crippen LogP contribution in [0.3, 0.4) is 0 Å². The Hall–Kier alpha value is -0.0900. The van der Waals surface area contributed by atoms with Gasteiger partial charge in [0.25, 0.3) is 0 Å². The third kappa shape index (κ3) is 3.44. The summed E-state index contributed by atoms with van der Waals surface area (Å²) in [4.78, 5) is 0. The molecule has 1 N–H and O–H groups in total. The second-order valence-corrected chi connectivity index (χ2v) is 8.94. The van der Waals surface area contributed by atoms with Crippen LogP contribution < -0.4 is 5.32 Å². The summed E-state index contributed by atoms with van der Waals surface area (Å²) in [5.74, 6) is 0.793. The molecule has 0 saturated heterocycles. The van der Waals surface area contributed by atoms with E-state index in [1.807, 2.05) is 0 Å². The van der Waals surface area contributed by atoms with E-state index in [4.69, 9.17) is 0 Å². The smallest absolute Gasteiger partial charge is 0.150 e. The lowest BCUT2D eigenvalue weighted by Gasteiger charge is -2.29. The molecule has 0 heterocycles. The molecular formula is C13H25NO2S. The number of sulfone groups is 1. The van der Waals surface area contributed by atoms with Crippen molar-refractivity contribution in [1.29, 1.82) is 0 Å². The van der Waals surface area contributed by atoms with Crippen LogP contribution in [0.2, 0.25) is 0 Å². The van der Waals surface area contributed by atoms with E-state index in [2.05, 4.69) is 19.2 Å². The van der Waals surface area contributed by atoms with Gasteiger partial charge in [-0.15, -0.1) is 0 Å². The zero-order valence-electron chi connectivity index (χ0n) is 11.2. The van der Waals surface area contributed by atoms with Gasteiger partial charge in [0, 0.05) is 12.3 Å². The first-order valence-electron chi connectivity index (χ1n) is 6.71. The molecule has 2 aliphatic rings. The van der Waals surface area contributed by atoms with Gasteiger partial charge in [-0.1, -0.05) is 20.3 Å². The predicted octanol–water partition coefficient (Wildman–Crippen LogP) is 1.98. The zero-order valence-corrected chi connectivity index (χ0v) is 12.0. The molecule has 4 heteroatoms. The summed E-state index contributed by atoms with van der Waals surface area (Å²) in [5, 5.41) is 3.47. The van der Waals surface area contributed by atoms with E-state index >= 15 is 0 Å². The van der Waals surface area contributed by atoms with Crippen LogP contribution in [0, 0.1) is 11.3 Å². The van der Waals surface area contributed by atoms with E-state index < -0.39 is 9.84 Å². The third-order valence-corrected chi connectivity index (χ3v) is 6.24. The van der Waals surface area contributed by atoms with Gasteiger partial charge < -0.3 is 5.32 Å². The Bertz CT molecular complexity index is 375. The summed E-state index contributed by atoms with van der Waals surface area (Å²) in [7, 11) is -2.84. The standard InChI is InChI=1S/C13H25NO2S/c1-13(2)8-10(13)9-14-11-5-4-6-12(7-11)17(3,15)16/h10-12,14H,4-9H2,1-3H3. The average molecular weight is 259 g/mol. The minimum Gasteiger partial charge on any atom is -0.314 e. The molecule has 0 aromatic carbocycles. The lowest BCUT2D eigenvalue weighted by molar-refractivity contribution is 0.359. The van der Waals surface area contributed by atoms with Gasteiger partial charge in [-0.05, 0) is 43.6 Å². The van der Waals surface area contributed by atoms with Crippen molar-refractivity contribution >= 4 is 9.84 Å². The first-order valence-corrected chi connectivity index (χ1v) is 8.67. The second-order valence-electron chi connectivity index (χ2n) is 6.61. The Labute approximate surface area is 105 Å². The van der Waals surface area contributed by atoms with Crippen LogP contribution in [0.1, 0.15) is 46.0 Å². The summed E-state index contributed by atoms with van der Waals surface area (Å²) in [6.45, 7) is 5.67. The Morgan fingerprint density at radius 2 is 1.94 bits per heavy atom. The maximum atomic E-state index is 11.6. The third-order valence-electron chi connectivity index (χ3n) is 4.60. The quantitative estimate of drug-likeness (QED) is 0.839. The van der Waals surface area contributed by atoms with E-state index in [0.717, 1.165) is 38.1 Å². The first kappa shape index (κ1) is 13.3. The summed E-state index contributed by atoms with van der Waals surface area (Å²) in [5.41, 5.74) is 0.512. The van der Waals surface area contributed by atoms with Gasteiger partial charge in [-0.25, -0.2) is 8.42 Å². The molecule has 2 aliphatic carbocycles. The molecule has 17 heavy (non-hydrogen) atoms. The predicted molar refractivity (Wildman–Crippen MR) is 70.8 cm³/mol. The summed E-state index contributed by atoms with van der Waals surface area (Å²) in [6.07, 6.45) is 6.53. The lowest BCUT2D eigenvalue weighted by Crippen LogP contribution is -2.39. The average Bonchev–Trinajstić information content (AvgIpc) is 2.83. The minimum absolute atomic E-state index is 0.110. The molecule has 3 nitrogen and oxygen atoms in total. The maximum absolute atomic E-state index is 11.6. The highest BCUT2D eigenvalue weighted by molar-refractivity contribution is 7.91. The summed E-state index contributed by atoms with van der Waals surface area (Å²) in [6, 6.07) is 0.417. The fraction of sp³-hybridized carbons (Fsp3) is 1.00. The van der Waals surface area contributed by atoms with Gasteiger partial charge in [0.05, 0.1) is 5.25 Å². The molecule has 2 saturated carbocycles. The number of nitrogens with one attached hydrogen (secondary N) is 1. The molecule has 2 fully saturated rings. The van der Waals surface area contributed by atoms with Crippen molar-refractivity contribution in [2.24, 2.45) is 11.3 Å².